The Morgan fingerprint density at radius 1 is 1.33 bits per heavy atom. The maximum absolute atomic E-state index is 12.1. The van der Waals surface area contributed by atoms with Gasteiger partial charge < -0.3 is 0 Å². The van der Waals surface area contributed by atoms with Crippen LogP contribution in [0.1, 0.15) is 15.9 Å². The van der Waals surface area contributed by atoms with E-state index in [4.69, 9.17) is 0 Å². The van der Waals surface area contributed by atoms with Crippen LogP contribution in [-0.4, -0.2) is 34.2 Å². The second-order valence-corrected chi connectivity index (χ2v) is 4.76. The number of nitrogens with zero attached hydrogens (tertiary/aromatic N) is 3. The van der Waals surface area contributed by atoms with Crippen LogP contribution in [0.4, 0.5) is 5.69 Å². The molecule has 108 valence electrons. The topological polar surface area (TPSA) is 76.3 Å². The second-order valence-electron chi connectivity index (χ2n) is 4.76. The molecule has 0 saturated carbocycles. The normalized spacial score (nSPS) is 10.6. The fraction of sp³-hybridized carbons (Fsp3) is 0.200. The number of rotatable bonds is 6. The molecule has 1 aromatic carbocycles. The lowest BCUT2D eigenvalue weighted by Crippen LogP contribution is -2.25. The van der Waals surface area contributed by atoms with Crippen molar-refractivity contribution in [3.05, 3.63) is 70.0 Å². The average molecular weight is 285 g/mol. The first-order valence-electron chi connectivity index (χ1n) is 6.41. The largest absolute Gasteiger partial charge is 0.295 e. The van der Waals surface area contributed by atoms with Crippen molar-refractivity contribution in [2.24, 2.45) is 0 Å². The number of nitro groups is 1. The Hall–Kier alpha value is -2.60. The van der Waals surface area contributed by atoms with Gasteiger partial charge in [-0.3, -0.25) is 24.8 Å². The van der Waals surface area contributed by atoms with E-state index >= 15 is 0 Å². The van der Waals surface area contributed by atoms with Gasteiger partial charge in [-0.2, -0.15) is 0 Å². The molecule has 0 radical (unpaired) electrons. The van der Waals surface area contributed by atoms with E-state index in [9.17, 15) is 14.9 Å². The third-order valence-electron chi connectivity index (χ3n) is 2.97. The summed E-state index contributed by atoms with van der Waals surface area (Å²) in [5, 5.41) is 10.7. The molecular formula is C15H15N3O3. The molecule has 6 heteroatoms. The van der Waals surface area contributed by atoms with Crippen molar-refractivity contribution in [1.82, 2.24) is 9.88 Å². The van der Waals surface area contributed by atoms with E-state index in [0.29, 0.717) is 12.1 Å². The van der Waals surface area contributed by atoms with Crippen molar-refractivity contribution in [3.63, 3.8) is 0 Å². The summed E-state index contributed by atoms with van der Waals surface area (Å²) < 4.78 is 0. The second kappa shape index (κ2) is 6.71. The predicted octanol–water partition coefficient (Wildman–Crippen LogP) is 2.30. The maximum atomic E-state index is 12.1. The standard InChI is InChI=1S/C15H15N3O3/c1-17(10-12-4-3-7-16-9-12)11-15(19)13-5-2-6-14(8-13)18(20)21/h2-9H,10-11H2,1H3. The number of benzene rings is 1. The molecule has 2 rings (SSSR count). The lowest BCUT2D eigenvalue weighted by molar-refractivity contribution is -0.384. The highest BCUT2D eigenvalue weighted by Gasteiger charge is 2.13. The predicted molar refractivity (Wildman–Crippen MR) is 78.0 cm³/mol. The van der Waals surface area contributed by atoms with Crippen molar-refractivity contribution >= 4 is 11.5 Å². The van der Waals surface area contributed by atoms with E-state index in [1.165, 1.54) is 18.2 Å². The van der Waals surface area contributed by atoms with Gasteiger partial charge in [-0.15, -0.1) is 0 Å². The first-order chi connectivity index (χ1) is 10.1. The Kier molecular flexibility index (Phi) is 4.73. The number of carbonyl (C=O) groups excluding carboxylic acids is 1. The fourth-order valence-electron chi connectivity index (χ4n) is 1.99. The number of nitro benzene ring substituents is 1. The van der Waals surface area contributed by atoms with Gasteiger partial charge in [0.25, 0.3) is 5.69 Å². The molecule has 0 atom stereocenters. The first kappa shape index (κ1) is 14.8. The van der Waals surface area contributed by atoms with Gasteiger partial charge in [0, 0.05) is 36.6 Å². The van der Waals surface area contributed by atoms with Crippen LogP contribution >= 0.6 is 0 Å². The third kappa shape index (κ3) is 4.19. The molecule has 0 aliphatic carbocycles. The molecular weight excluding hydrogens is 270 g/mol. The Morgan fingerprint density at radius 2 is 2.14 bits per heavy atom. The molecule has 0 bridgehead atoms. The van der Waals surface area contributed by atoms with E-state index < -0.39 is 4.92 Å². The summed E-state index contributed by atoms with van der Waals surface area (Å²) in [4.78, 5) is 28.2. The Labute approximate surface area is 122 Å². The van der Waals surface area contributed by atoms with Crippen LogP contribution in [0.25, 0.3) is 0 Å². The van der Waals surface area contributed by atoms with Gasteiger partial charge in [0.05, 0.1) is 11.5 Å². The molecule has 0 aliphatic rings. The summed E-state index contributed by atoms with van der Waals surface area (Å²) in [7, 11) is 1.82. The van der Waals surface area contributed by atoms with Crippen LogP contribution in [0.15, 0.2) is 48.8 Å². The molecule has 0 N–H and O–H groups in total. The highest BCUT2D eigenvalue weighted by Crippen LogP contribution is 2.14. The molecule has 0 aliphatic heterocycles. The van der Waals surface area contributed by atoms with Crippen molar-refractivity contribution in [3.8, 4) is 0 Å². The quantitative estimate of drug-likeness (QED) is 0.462. The first-order valence-corrected chi connectivity index (χ1v) is 6.41. The molecule has 0 amide bonds. The van der Waals surface area contributed by atoms with E-state index in [0.717, 1.165) is 5.56 Å². The van der Waals surface area contributed by atoms with Crippen LogP contribution in [-0.2, 0) is 6.54 Å². The fourth-order valence-corrected chi connectivity index (χ4v) is 1.99. The molecule has 6 nitrogen and oxygen atoms in total. The Morgan fingerprint density at radius 3 is 2.81 bits per heavy atom. The van der Waals surface area contributed by atoms with Crippen LogP contribution < -0.4 is 0 Å². The number of ketones is 1. The number of pyridine rings is 1. The van der Waals surface area contributed by atoms with Crippen molar-refractivity contribution in [2.45, 2.75) is 6.54 Å². The lowest BCUT2D eigenvalue weighted by atomic mass is 10.1. The van der Waals surface area contributed by atoms with Crippen molar-refractivity contribution < 1.29 is 9.72 Å². The number of hydrogen-bond acceptors (Lipinski definition) is 5. The summed E-state index contributed by atoms with van der Waals surface area (Å²) in [5.41, 5.74) is 1.28. The minimum atomic E-state index is -0.504. The zero-order chi connectivity index (χ0) is 15.2. The molecule has 0 spiro atoms. The molecule has 0 fully saturated rings. The van der Waals surface area contributed by atoms with Gasteiger partial charge in [0.1, 0.15) is 0 Å². The van der Waals surface area contributed by atoms with Crippen LogP contribution in [0.3, 0.4) is 0 Å². The molecule has 21 heavy (non-hydrogen) atoms. The van der Waals surface area contributed by atoms with Gasteiger partial charge in [-0.25, -0.2) is 0 Å². The SMILES string of the molecule is CN(CC(=O)c1cccc([N+](=O)[O-])c1)Cc1cccnc1. The molecule has 1 heterocycles. The number of Topliss-reactive ketones (excluding diaryl/α,β-unsaturated/α-hetero) is 1. The van der Waals surface area contributed by atoms with Gasteiger partial charge in [-0.1, -0.05) is 18.2 Å². The Balaban J connectivity index is 2.01. The van der Waals surface area contributed by atoms with E-state index in [2.05, 4.69) is 4.98 Å². The maximum Gasteiger partial charge on any atom is 0.270 e. The van der Waals surface area contributed by atoms with Crippen molar-refractivity contribution in [1.29, 1.82) is 0 Å². The van der Waals surface area contributed by atoms with E-state index in [-0.39, 0.29) is 18.0 Å². The van der Waals surface area contributed by atoms with E-state index in [1.807, 2.05) is 24.1 Å². The monoisotopic (exact) mass is 285 g/mol. The number of non-ortho nitro benzene ring substituents is 1. The minimum absolute atomic E-state index is 0.0734. The molecule has 0 saturated heterocycles. The highest BCUT2D eigenvalue weighted by molar-refractivity contribution is 5.98. The van der Waals surface area contributed by atoms with E-state index in [1.54, 1.807) is 18.5 Å². The zero-order valence-electron chi connectivity index (χ0n) is 11.6. The minimum Gasteiger partial charge on any atom is -0.295 e. The van der Waals surface area contributed by atoms with Gasteiger partial charge in [0.2, 0.25) is 0 Å². The number of likely N-dealkylation sites (N-methyl/N-ethyl adjacent to an activating group) is 1. The number of hydrogen-bond donors (Lipinski definition) is 0. The summed E-state index contributed by atoms with van der Waals surface area (Å²) in [6, 6.07) is 9.56. The molecule has 0 unspecified atom stereocenters. The lowest BCUT2D eigenvalue weighted by Gasteiger charge is -2.15. The van der Waals surface area contributed by atoms with Crippen LogP contribution in [0.5, 0.6) is 0 Å². The smallest absolute Gasteiger partial charge is 0.270 e. The van der Waals surface area contributed by atoms with Gasteiger partial charge in [0.15, 0.2) is 5.78 Å². The van der Waals surface area contributed by atoms with Crippen LogP contribution in [0, 0.1) is 10.1 Å². The van der Waals surface area contributed by atoms with Crippen LogP contribution in [0.2, 0.25) is 0 Å². The zero-order valence-corrected chi connectivity index (χ0v) is 11.6. The molecule has 1 aromatic heterocycles. The summed E-state index contributed by atoms with van der Waals surface area (Å²) in [6.07, 6.45) is 3.44. The van der Waals surface area contributed by atoms with Gasteiger partial charge in [-0.05, 0) is 18.7 Å². The highest BCUT2D eigenvalue weighted by atomic mass is 16.6. The summed E-state index contributed by atoms with van der Waals surface area (Å²) in [6.45, 7) is 0.782. The summed E-state index contributed by atoms with van der Waals surface area (Å²) in [5.74, 6) is -0.148. The summed E-state index contributed by atoms with van der Waals surface area (Å²) >= 11 is 0. The average Bonchev–Trinajstić information content (AvgIpc) is 2.48. The number of aromatic nitrogens is 1. The Bertz CT molecular complexity index is 644. The molecule has 2 aromatic rings. The van der Waals surface area contributed by atoms with Gasteiger partial charge >= 0.3 is 0 Å². The van der Waals surface area contributed by atoms with Crippen molar-refractivity contribution in [2.75, 3.05) is 13.6 Å². The third-order valence-corrected chi connectivity index (χ3v) is 2.97. The number of carbonyl (C=O) groups is 1.